The van der Waals surface area contributed by atoms with E-state index in [1.807, 2.05) is 49.4 Å². The Morgan fingerprint density at radius 1 is 1.07 bits per heavy atom. The van der Waals surface area contributed by atoms with E-state index in [-0.39, 0.29) is 18.2 Å². The molecule has 2 aromatic carbocycles. The third kappa shape index (κ3) is 5.26. The molecule has 0 spiro atoms. The Bertz CT molecular complexity index is 892. The molecule has 0 bridgehead atoms. The van der Waals surface area contributed by atoms with Crippen LogP contribution in [0.4, 0.5) is 5.69 Å². The number of aromatic nitrogens is 3. The summed E-state index contributed by atoms with van der Waals surface area (Å²) in [6.07, 6.45) is 3.05. The maximum absolute atomic E-state index is 12.6. The van der Waals surface area contributed by atoms with E-state index in [2.05, 4.69) is 25.8 Å². The van der Waals surface area contributed by atoms with Crippen molar-refractivity contribution in [3.63, 3.8) is 0 Å². The molecule has 1 heterocycles. The third-order valence-corrected chi connectivity index (χ3v) is 4.28. The van der Waals surface area contributed by atoms with Crippen molar-refractivity contribution in [3.8, 4) is 11.4 Å². The smallest absolute Gasteiger partial charge is 0.246 e. The lowest BCUT2D eigenvalue weighted by Gasteiger charge is -2.18. The van der Waals surface area contributed by atoms with Crippen LogP contribution in [0.2, 0.25) is 0 Å². The molecule has 0 saturated carbocycles. The van der Waals surface area contributed by atoms with Gasteiger partial charge in [-0.25, -0.2) is 4.98 Å². The quantitative estimate of drug-likeness (QED) is 0.562. The maximum atomic E-state index is 12.6. The minimum atomic E-state index is -0.574. The first-order valence-corrected chi connectivity index (χ1v) is 9.25. The van der Waals surface area contributed by atoms with Crippen molar-refractivity contribution in [2.45, 2.75) is 32.2 Å². The fraction of sp³-hybridized carbons (Fsp3) is 0.238. The van der Waals surface area contributed by atoms with E-state index in [0.29, 0.717) is 17.9 Å². The number of carbonyl (C=O) groups excluding carboxylic acids is 2. The zero-order valence-electron chi connectivity index (χ0n) is 15.7. The lowest BCUT2D eigenvalue weighted by Crippen LogP contribution is -2.44. The van der Waals surface area contributed by atoms with Gasteiger partial charge >= 0.3 is 0 Å². The van der Waals surface area contributed by atoms with Crippen LogP contribution in [0.25, 0.3) is 11.4 Å². The van der Waals surface area contributed by atoms with Crippen LogP contribution in [0.3, 0.4) is 0 Å². The molecule has 1 atom stereocenters. The highest BCUT2D eigenvalue weighted by Gasteiger charge is 2.20. The molecule has 0 unspecified atom stereocenters. The largest absolute Gasteiger partial charge is 0.344 e. The highest BCUT2D eigenvalue weighted by molar-refractivity contribution is 5.97. The first-order valence-electron chi connectivity index (χ1n) is 9.25. The van der Waals surface area contributed by atoms with Crippen LogP contribution in [-0.4, -0.2) is 33.0 Å². The Morgan fingerprint density at radius 2 is 1.82 bits per heavy atom. The van der Waals surface area contributed by atoms with Gasteiger partial charge in [0, 0.05) is 11.3 Å². The van der Waals surface area contributed by atoms with Crippen molar-refractivity contribution in [3.05, 3.63) is 66.5 Å². The Hall–Kier alpha value is -3.48. The van der Waals surface area contributed by atoms with E-state index in [0.717, 1.165) is 17.5 Å². The van der Waals surface area contributed by atoms with Crippen LogP contribution in [-0.2, 0) is 16.0 Å². The van der Waals surface area contributed by atoms with Gasteiger partial charge in [-0.1, -0.05) is 43.7 Å². The number of nitrogens with zero attached hydrogens (tertiary/aromatic N) is 2. The molecule has 1 aromatic heterocycles. The van der Waals surface area contributed by atoms with Crippen LogP contribution in [0.1, 0.15) is 25.3 Å². The summed E-state index contributed by atoms with van der Waals surface area (Å²) in [7, 11) is 0. The summed E-state index contributed by atoms with van der Waals surface area (Å²) in [5.41, 5.74) is 2.45. The van der Waals surface area contributed by atoms with Crippen molar-refractivity contribution in [1.29, 1.82) is 0 Å². The molecule has 3 N–H and O–H groups in total. The number of anilines is 1. The molecule has 7 nitrogen and oxygen atoms in total. The van der Waals surface area contributed by atoms with Crippen molar-refractivity contribution < 1.29 is 9.59 Å². The first-order chi connectivity index (χ1) is 13.7. The van der Waals surface area contributed by atoms with Gasteiger partial charge in [0.2, 0.25) is 11.8 Å². The van der Waals surface area contributed by atoms with Crippen molar-refractivity contribution in [1.82, 2.24) is 20.5 Å². The van der Waals surface area contributed by atoms with E-state index in [1.165, 1.54) is 6.33 Å². The molecular formula is C21H23N5O2. The van der Waals surface area contributed by atoms with E-state index in [1.54, 1.807) is 12.1 Å². The predicted molar refractivity (Wildman–Crippen MR) is 107 cm³/mol. The van der Waals surface area contributed by atoms with Gasteiger partial charge < -0.3 is 10.6 Å². The fourth-order valence-corrected chi connectivity index (χ4v) is 2.87. The van der Waals surface area contributed by atoms with Crippen LogP contribution < -0.4 is 10.6 Å². The summed E-state index contributed by atoms with van der Waals surface area (Å²) in [4.78, 5) is 29.1. The van der Waals surface area contributed by atoms with Crippen LogP contribution in [0.15, 0.2) is 60.9 Å². The highest BCUT2D eigenvalue weighted by atomic mass is 16.2. The number of rotatable bonds is 8. The van der Waals surface area contributed by atoms with Crippen LogP contribution >= 0.6 is 0 Å². The lowest BCUT2D eigenvalue weighted by molar-refractivity contribution is -0.126. The topological polar surface area (TPSA) is 99.8 Å². The van der Waals surface area contributed by atoms with Gasteiger partial charge in [-0.2, -0.15) is 5.10 Å². The van der Waals surface area contributed by atoms with Crippen LogP contribution in [0.5, 0.6) is 0 Å². The van der Waals surface area contributed by atoms with Gasteiger partial charge in [0.1, 0.15) is 12.4 Å². The second kappa shape index (κ2) is 9.45. The number of hydrogen-bond donors (Lipinski definition) is 3. The average molecular weight is 377 g/mol. The molecule has 144 valence electrons. The van der Waals surface area contributed by atoms with Crippen molar-refractivity contribution in [2.75, 3.05) is 5.32 Å². The molecular weight excluding hydrogens is 354 g/mol. The number of H-pyrrole nitrogens is 1. The molecule has 0 aliphatic heterocycles. The Kier molecular flexibility index (Phi) is 6.51. The van der Waals surface area contributed by atoms with E-state index in [9.17, 15) is 9.59 Å². The molecule has 0 fully saturated rings. The zero-order chi connectivity index (χ0) is 19.8. The second-order valence-corrected chi connectivity index (χ2v) is 6.47. The second-order valence-electron chi connectivity index (χ2n) is 6.47. The predicted octanol–water partition coefficient (Wildman–Crippen LogP) is 2.94. The molecule has 0 saturated heterocycles. The van der Waals surface area contributed by atoms with Gasteiger partial charge in [-0.3, -0.25) is 14.7 Å². The van der Waals surface area contributed by atoms with Crippen LogP contribution in [0, 0.1) is 0 Å². The SMILES string of the molecule is CCC[C@H](NC(=O)Cc1ccccc1)C(=O)Nc1ccc(-c2ncn[nH]2)cc1. The number of carbonyl (C=O) groups is 2. The molecule has 0 radical (unpaired) electrons. The van der Waals surface area contributed by atoms with Crippen molar-refractivity contribution in [2.24, 2.45) is 0 Å². The monoisotopic (exact) mass is 377 g/mol. The summed E-state index contributed by atoms with van der Waals surface area (Å²) in [6.45, 7) is 1.98. The molecule has 0 aliphatic carbocycles. The number of benzene rings is 2. The van der Waals surface area contributed by atoms with E-state index < -0.39 is 6.04 Å². The summed E-state index contributed by atoms with van der Waals surface area (Å²) >= 11 is 0. The Morgan fingerprint density at radius 3 is 2.46 bits per heavy atom. The minimum Gasteiger partial charge on any atom is -0.344 e. The molecule has 3 rings (SSSR count). The summed E-state index contributed by atoms with van der Waals surface area (Å²) < 4.78 is 0. The number of hydrogen-bond acceptors (Lipinski definition) is 4. The number of nitrogens with one attached hydrogen (secondary N) is 3. The van der Waals surface area contributed by atoms with Gasteiger partial charge in [0.05, 0.1) is 6.42 Å². The summed E-state index contributed by atoms with van der Waals surface area (Å²) in [6, 6.07) is 16.2. The number of aromatic amines is 1. The molecule has 3 aromatic rings. The zero-order valence-corrected chi connectivity index (χ0v) is 15.7. The maximum Gasteiger partial charge on any atom is 0.246 e. The summed E-state index contributed by atoms with van der Waals surface area (Å²) in [5, 5.41) is 12.3. The van der Waals surface area contributed by atoms with Gasteiger partial charge in [0.15, 0.2) is 5.82 Å². The van der Waals surface area contributed by atoms with Gasteiger partial charge in [0.25, 0.3) is 0 Å². The minimum absolute atomic E-state index is 0.166. The molecule has 0 aliphatic rings. The Labute approximate surface area is 163 Å². The van der Waals surface area contributed by atoms with Crippen molar-refractivity contribution >= 4 is 17.5 Å². The molecule has 7 heteroatoms. The molecule has 2 amide bonds. The van der Waals surface area contributed by atoms with E-state index >= 15 is 0 Å². The number of amides is 2. The highest BCUT2D eigenvalue weighted by Crippen LogP contribution is 2.17. The van der Waals surface area contributed by atoms with Gasteiger partial charge in [-0.05, 0) is 36.2 Å². The van der Waals surface area contributed by atoms with E-state index in [4.69, 9.17) is 0 Å². The Balaban J connectivity index is 1.60. The molecule has 28 heavy (non-hydrogen) atoms. The lowest BCUT2D eigenvalue weighted by atomic mass is 10.1. The third-order valence-electron chi connectivity index (χ3n) is 4.28. The summed E-state index contributed by atoms with van der Waals surface area (Å²) in [5.74, 6) is 0.269. The first kappa shape index (κ1) is 19.3. The standard InChI is InChI=1S/C21H23N5O2/c1-2-6-18(25-19(27)13-15-7-4-3-5-8-15)21(28)24-17-11-9-16(10-12-17)20-22-14-23-26-20/h3-5,7-12,14,18H,2,6,13H2,1H3,(H,24,28)(H,25,27)(H,22,23,26)/t18-/m0/s1. The normalized spacial score (nSPS) is 11.6. The van der Waals surface area contributed by atoms with Gasteiger partial charge in [-0.15, -0.1) is 0 Å². The average Bonchev–Trinajstić information content (AvgIpc) is 3.24. The fourth-order valence-electron chi connectivity index (χ4n) is 2.87.